The number of carbonyl (C=O) groups is 1. The Morgan fingerprint density at radius 3 is 2.35 bits per heavy atom. The minimum atomic E-state index is -0.406. The van der Waals surface area contributed by atoms with Gasteiger partial charge < -0.3 is 25.0 Å². The smallest absolute Gasteiger partial charge is 0.343 e. The molecule has 23 heavy (non-hydrogen) atoms. The molecule has 2 rings (SSSR count). The molecule has 9 heteroatoms. The fourth-order valence-electron chi connectivity index (χ4n) is 2.15. The minimum absolute atomic E-state index is 0. The lowest BCUT2D eigenvalue weighted by Gasteiger charge is -2.34. The molecule has 0 bridgehead atoms. The lowest BCUT2D eigenvalue weighted by Crippen LogP contribution is -2.44. The first kappa shape index (κ1) is 24.2. The normalized spacial score (nSPS) is 13.9. The average Bonchev–Trinajstić information content (AvgIpc) is 2.46. The molecule has 1 aliphatic heterocycles. The van der Waals surface area contributed by atoms with Gasteiger partial charge in [0.1, 0.15) is 5.75 Å². The summed E-state index contributed by atoms with van der Waals surface area (Å²) in [5, 5.41) is 0. The first-order valence-electron chi connectivity index (χ1n) is 6.63. The van der Waals surface area contributed by atoms with E-state index in [2.05, 4.69) is 21.6 Å². The Hall–Kier alpha value is -1.08. The molecule has 6 nitrogen and oxygen atoms in total. The van der Waals surface area contributed by atoms with Crippen LogP contribution in [0.5, 0.6) is 5.75 Å². The zero-order valence-corrected chi connectivity index (χ0v) is 15.6. The Balaban J connectivity index is 0. The Morgan fingerprint density at radius 2 is 1.78 bits per heavy atom. The van der Waals surface area contributed by atoms with Crippen LogP contribution in [0, 0.1) is 0 Å². The maximum absolute atomic E-state index is 11.2. The van der Waals surface area contributed by atoms with Crippen molar-refractivity contribution in [2.75, 3.05) is 57.6 Å². The number of hydrogen-bond acceptors (Lipinski definition) is 6. The van der Waals surface area contributed by atoms with E-state index in [9.17, 15) is 4.79 Å². The van der Waals surface area contributed by atoms with Gasteiger partial charge >= 0.3 is 5.97 Å². The number of methoxy groups -OCH3 is 1. The van der Waals surface area contributed by atoms with Gasteiger partial charge in [0.05, 0.1) is 12.8 Å². The van der Waals surface area contributed by atoms with E-state index < -0.39 is 5.97 Å². The summed E-state index contributed by atoms with van der Waals surface area (Å²) in [6.45, 7) is 3.74. The number of halogens is 3. The number of benzene rings is 1. The van der Waals surface area contributed by atoms with Crippen molar-refractivity contribution < 1.29 is 14.3 Å². The van der Waals surface area contributed by atoms with Gasteiger partial charge in [0.25, 0.3) is 0 Å². The summed E-state index contributed by atoms with van der Waals surface area (Å²) in [7, 11) is 3.45. The van der Waals surface area contributed by atoms with Crippen molar-refractivity contribution in [2.45, 2.75) is 0 Å². The van der Waals surface area contributed by atoms with Crippen LogP contribution in [0.3, 0.4) is 0 Å². The molecule has 1 heterocycles. The topological polar surface area (TPSA) is 68.0 Å². The molecule has 1 aromatic rings. The summed E-state index contributed by atoms with van der Waals surface area (Å²) < 4.78 is 10.1. The SMILES string of the molecule is COC(=O)COc1cc(N)ccc1N1CCN(C)CC1.Cl.Cl.Cl. The number of nitrogen functional groups attached to an aromatic ring is 1. The van der Waals surface area contributed by atoms with E-state index in [1.165, 1.54) is 7.11 Å². The lowest BCUT2D eigenvalue weighted by atomic mass is 10.2. The van der Waals surface area contributed by atoms with Gasteiger partial charge in [-0.25, -0.2) is 4.79 Å². The third-order valence-corrected chi connectivity index (χ3v) is 3.40. The Kier molecular flexibility index (Phi) is 12.0. The zero-order valence-electron chi connectivity index (χ0n) is 13.2. The highest BCUT2D eigenvalue weighted by atomic mass is 35.5. The number of nitrogens with two attached hydrogens (primary N) is 1. The molecular weight excluding hydrogens is 365 g/mol. The van der Waals surface area contributed by atoms with Crippen LogP contribution in [0.4, 0.5) is 11.4 Å². The Bertz CT molecular complexity index is 484. The molecular formula is C14H24Cl3N3O3. The van der Waals surface area contributed by atoms with Gasteiger partial charge in [0.2, 0.25) is 0 Å². The number of nitrogens with zero attached hydrogens (tertiary/aromatic N) is 2. The average molecular weight is 389 g/mol. The predicted octanol–water partition coefficient (Wildman–Crippen LogP) is 1.84. The standard InChI is InChI=1S/C14H21N3O3.3ClH/c1-16-5-7-17(8-6-16)12-4-3-11(15)9-13(12)20-10-14(18)19-2;;;/h3-4,9H,5-8,10,15H2,1-2H3;3*1H. The third kappa shape index (κ3) is 6.91. The van der Waals surface area contributed by atoms with E-state index in [0.717, 1.165) is 31.9 Å². The van der Waals surface area contributed by atoms with Gasteiger partial charge in [0.15, 0.2) is 6.61 Å². The van der Waals surface area contributed by atoms with Crippen molar-refractivity contribution in [3.8, 4) is 5.75 Å². The second-order valence-electron chi connectivity index (χ2n) is 4.88. The van der Waals surface area contributed by atoms with E-state index in [1.807, 2.05) is 12.1 Å². The van der Waals surface area contributed by atoms with E-state index >= 15 is 0 Å². The fraction of sp³-hybridized carbons (Fsp3) is 0.500. The van der Waals surface area contributed by atoms with Gasteiger partial charge in [0, 0.05) is 37.9 Å². The predicted molar refractivity (Wildman–Crippen MR) is 99.8 cm³/mol. The van der Waals surface area contributed by atoms with Gasteiger partial charge in [-0.2, -0.15) is 0 Å². The van der Waals surface area contributed by atoms with Crippen LogP contribution >= 0.6 is 37.2 Å². The quantitative estimate of drug-likeness (QED) is 0.627. The summed E-state index contributed by atoms with van der Waals surface area (Å²) in [4.78, 5) is 15.7. The summed E-state index contributed by atoms with van der Waals surface area (Å²) in [6.07, 6.45) is 0. The summed E-state index contributed by atoms with van der Waals surface area (Å²) in [5.74, 6) is 0.219. The van der Waals surface area contributed by atoms with E-state index in [0.29, 0.717) is 11.4 Å². The largest absolute Gasteiger partial charge is 0.480 e. The highest BCUT2D eigenvalue weighted by Crippen LogP contribution is 2.31. The molecule has 1 saturated heterocycles. The van der Waals surface area contributed by atoms with Crippen molar-refractivity contribution in [3.05, 3.63) is 18.2 Å². The molecule has 134 valence electrons. The molecule has 0 aromatic heterocycles. The molecule has 0 unspecified atom stereocenters. The monoisotopic (exact) mass is 387 g/mol. The summed E-state index contributed by atoms with van der Waals surface area (Å²) in [5.41, 5.74) is 7.38. The molecule has 1 fully saturated rings. The number of rotatable bonds is 4. The third-order valence-electron chi connectivity index (χ3n) is 3.40. The van der Waals surface area contributed by atoms with Gasteiger partial charge in [-0.3, -0.25) is 0 Å². The first-order valence-corrected chi connectivity index (χ1v) is 6.63. The molecule has 0 spiro atoms. The molecule has 2 N–H and O–H groups in total. The van der Waals surface area contributed by atoms with Crippen molar-refractivity contribution in [1.29, 1.82) is 0 Å². The van der Waals surface area contributed by atoms with E-state index in [-0.39, 0.29) is 43.8 Å². The molecule has 1 aromatic carbocycles. The maximum atomic E-state index is 11.2. The molecule has 0 atom stereocenters. The van der Waals surface area contributed by atoms with Crippen LogP contribution in [-0.4, -0.2) is 57.8 Å². The molecule has 0 aliphatic carbocycles. The molecule has 0 saturated carbocycles. The zero-order chi connectivity index (χ0) is 14.5. The highest BCUT2D eigenvalue weighted by molar-refractivity contribution is 5.86. The van der Waals surface area contributed by atoms with E-state index in [4.69, 9.17) is 10.5 Å². The van der Waals surface area contributed by atoms with Crippen molar-refractivity contribution >= 4 is 54.6 Å². The number of piperazine rings is 1. The Morgan fingerprint density at radius 1 is 1.17 bits per heavy atom. The minimum Gasteiger partial charge on any atom is -0.480 e. The number of esters is 1. The van der Waals surface area contributed by atoms with Crippen LogP contribution in [0.25, 0.3) is 0 Å². The number of carbonyl (C=O) groups excluding carboxylic acids is 1. The van der Waals surface area contributed by atoms with Gasteiger partial charge in [-0.05, 0) is 19.2 Å². The van der Waals surface area contributed by atoms with E-state index in [1.54, 1.807) is 6.07 Å². The second-order valence-corrected chi connectivity index (χ2v) is 4.88. The fourth-order valence-corrected chi connectivity index (χ4v) is 2.15. The first-order chi connectivity index (χ1) is 9.60. The number of likely N-dealkylation sites (N-methyl/N-ethyl adjacent to an activating group) is 1. The van der Waals surface area contributed by atoms with Crippen LogP contribution in [0.2, 0.25) is 0 Å². The van der Waals surface area contributed by atoms with Crippen LogP contribution in [0.1, 0.15) is 0 Å². The molecule has 1 aliphatic rings. The summed E-state index contributed by atoms with van der Waals surface area (Å²) in [6, 6.07) is 5.53. The van der Waals surface area contributed by atoms with Crippen LogP contribution in [-0.2, 0) is 9.53 Å². The van der Waals surface area contributed by atoms with Crippen LogP contribution < -0.4 is 15.4 Å². The second kappa shape index (κ2) is 11.5. The Labute approximate surface area is 155 Å². The van der Waals surface area contributed by atoms with Crippen LogP contribution in [0.15, 0.2) is 18.2 Å². The number of hydrogen-bond donors (Lipinski definition) is 1. The van der Waals surface area contributed by atoms with Crippen molar-refractivity contribution in [2.24, 2.45) is 0 Å². The van der Waals surface area contributed by atoms with Crippen molar-refractivity contribution in [3.63, 3.8) is 0 Å². The molecule has 0 radical (unpaired) electrons. The lowest BCUT2D eigenvalue weighted by molar-refractivity contribution is -0.142. The van der Waals surface area contributed by atoms with Crippen molar-refractivity contribution in [1.82, 2.24) is 4.90 Å². The summed E-state index contributed by atoms with van der Waals surface area (Å²) >= 11 is 0. The van der Waals surface area contributed by atoms with Gasteiger partial charge in [-0.1, -0.05) is 0 Å². The highest BCUT2D eigenvalue weighted by Gasteiger charge is 2.18. The molecule has 0 amide bonds. The number of anilines is 2. The van der Waals surface area contributed by atoms with Gasteiger partial charge in [-0.15, -0.1) is 37.2 Å². The number of ether oxygens (including phenoxy) is 2. The maximum Gasteiger partial charge on any atom is 0.343 e.